The molecule has 1 aliphatic rings. The lowest BCUT2D eigenvalue weighted by molar-refractivity contribution is 0.0872. The molecule has 0 aliphatic heterocycles. The maximum atomic E-state index is 13.3. The summed E-state index contributed by atoms with van der Waals surface area (Å²) in [5, 5.41) is 18.2. The number of Topliss-reactive ketones (excluding diaryl/α,β-unsaturated/α-hetero) is 1. The average molecular weight is 436 g/mol. The molecule has 0 bridgehead atoms. The largest absolute Gasteiger partial charge is 0.349 e. The second kappa shape index (κ2) is 8.82. The van der Waals surface area contributed by atoms with Crippen LogP contribution in [0.2, 0.25) is 0 Å². The van der Waals surface area contributed by atoms with Crippen LogP contribution in [0.15, 0.2) is 41.8 Å². The molecule has 2 aromatic heterocycles. The number of nitrogens with zero attached hydrogens (tertiary/aromatic N) is 1. The summed E-state index contributed by atoms with van der Waals surface area (Å²) >= 11 is 2.84. The van der Waals surface area contributed by atoms with Gasteiger partial charge in [0.05, 0.1) is 10.4 Å². The molecule has 0 radical (unpaired) electrons. The number of rotatable bonds is 6. The van der Waals surface area contributed by atoms with Gasteiger partial charge in [-0.15, -0.1) is 22.7 Å². The molecular weight excluding hydrogens is 414 g/mol. The number of thiophene rings is 2. The summed E-state index contributed by atoms with van der Waals surface area (Å²) in [7, 11) is 0. The number of fused-ring (bicyclic) bond motifs is 1. The molecule has 1 aliphatic carbocycles. The van der Waals surface area contributed by atoms with E-state index in [-0.39, 0.29) is 11.7 Å². The van der Waals surface area contributed by atoms with Gasteiger partial charge in [-0.05, 0) is 49.6 Å². The number of hydrogen-bond acceptors (Lipinski definition) is 6. The summed E-state index contributed by atoms with van der Waals surface area (Å²) in [6.45, 7) is 1.96. The number of benzene rings is 1. The third-order valence-electron chi connectivity index (χ3n) is 5.18. The molecule has 30 heavy (non-hydrogen) atoms. The van der Waals surface area contributed by atoms with Crippen LogP contribution in [-0.2, 0) is 12.8 Å². The van der Waals surface area contributed by atoms with Crippen molar-refractivity contribution in [1.82, 2.24) is 5.32 Å². The SMILES string of the molecule is Cc1ccc(C(=O)C(NC(=O)c2cccs2)Nc2sc3c(c2C#N)CCCC3)cc1. The van der Waals surface area contributed by atoms with Crippen LogP contribution in [-0.4, -0.2) is 17.9 Å². The van der Waals surface area contributed by atoms with Crippen LogP contribution in [0.25, 0.3) is 0 Å². The zero-order valence-electron chi connectivity index (χ0n) is 16.5. The minimum Gasteiger partial charge on any atom is -0.349 e. The van der Waals surface area contributed by atoms with Crippen molar-refractivity contribution in [3.63, 3.8) is 0 Å². The first-order valence-corrected chi connectivity index (χ1v) is 11.5. The molecule has 152 valence electrons. The monoisotopic (exact) mass is 435 g/mol. The highest BCUT2D eigenvalue weighted by molar-refractivity contribution is 7.16. The Morgan fingerprint density at radius 1 is 1.13 bits per heavy atom. The number of nitriles is 1. The summed E-state index contributed by atoms with van der Waals surface area (Å²) in [4.78, 5) is 27.7. The number of ketones is 1. The first kappa shape index (κ1) is 20.3. The molecule has 0 saturated heterocycles. The van der Waals surface area contributed by atoms with Crippen molar-refractivity contribution in [2.75, 3.05) is 5.32 Å². The van der Waals surface area contributed by atoms with Gasteiger partial charge in [0.1, 0.15) is 11.1 Å². The van der Waals surface area contributed by atoms with Crippen molar-refractivity contribution in [3.05, 3.63) is 73.8 Å². The van der Waals surface area contributed by atoms with Crippen LogP contribution in [0.5, 0.6) is 0 Å². The van der Waals surface area contributed by atoms with Gasteiger partial charge in [0.25, 0.3) is 5.91 Å². The molecule has 5 nitrogen and oxygen atoms in total. The molecule has 0 fully saturated rings. The van der Waals surface area contributed by atoms with Gasteiger partial charge >= 0.3 is 0 Å². The van der Waals surface area contributed by atoms with Crippen molar-refractivity contribution in [3.8, 4) is 6.07 Å². The fourth-order valence-electron chi connectivity index (χ4n) is 3.58. The maximum absolute atomic E-state index is 13.3. The van der Waals surface area contributed by atoms with E-state index in [1.165, 1.54) is 27.6 Å². The molecule has 1 aromatic carbocycles. The molecule has 0 saturated carbocycles. The van der Waals surface area contributed by atoms with Crippen LogP contribution >= 0.6 is 22.7 Å². The lowest BCUT2D eigenvalue weighted by Gasteiger charge is -2.19. The molecule has 0 spiro atoms. The Morgan fingerprint density at radius 3 is 2.60 bits per heavy atom. The first-order valence-electron chi connectivity index (χ1n) is 9.83. The van der Waals surface area contributed by atoms with E-state index < -0.39 is 6.17 Å². The van der Waals surface area contributed by atoms with Crippen LogP contribution in [0.3, 0.4) is 0 Å². The first-order chi connectivity index (χ1) is 14.6. The number of anilines is 1. The van der Waals surface area contributed by atoms with E-state index in [0.29, 0.717) is 21.0 Å². The van der Waals surface area contributed by atoms with E-state index in [1.807, 2.05) is 24.4 Å². The van der Waals surface area contributed by atoms with E-state index >= 15 is 0 Å². The smallest absolute Gasteiger partial charge is 0.263 e. The Kier molecular flexibility index (Phi) is 5.98. The number of hydrogen-bond donors (Lipinski definition) is 2. The van der Waals surface area contributed by atoms with E-state index in [1.54, 1.807) is 24.3 Å². The number of carbonyl (C=O) groups excluding carboxylic acids is 2. The Bertz CT molecular complexity index is 1110. The van der Waals surface area contributed by atoms with Gasteiger partial charge < -0.3 is 10.6 Å². The summed E-state index contributed by atoms with van der Waals surface area (Å²) in [5.74, 6) is -0.557. The fourth-order valence-corrected chi connectivity index (χ4v) is 5.47. The van der Waals surface area contributed by atoms with Gasteiger partial charge in [-0.2, -0.15) is 5.26 Å². The van der Waals surface area contributed by atoms with Crippen molar-refractivity contribution in [2.45, 2.75) is 38.8 Å². The van der Waals surface area contributed by atoms with Gasteiger partial charge in [-0.3, -0.25) is 9.59 Å². The predicted molar refractivity (Wildman–Crippen MR) is 120 cm³/mol. The molecule has 3 aromatic rings. The number of aryl methyl sites for hydroxylation is 2. The van der Waals surface area contributed by atoms with Crippen molar-refractivity contribution < 1.29 is 9.59 Å². The molecule has 2 N–H and O–H groups in total. The summed E-state index contributed by atoms with van der Waals surface area (Å²) in [6, 6.07) is 13.1. The van der Waals surface area contributed by atoms with Crippen molar-refractivity contribution in [2.24, 2.45) is 0 Å². The van der Waals surface area contributed by atoms with E-state index in [4.69, 9.17) is 0 Å². The van der Waals surface area contributed by atoms with Gasteiger partial charge in [0, 0.05) is 10.4 Å². The summed E-state index contributed by atoms with van der Waals surface area (Å²) in [5.41, 5.74) is 3.24. The lowest BCUT2D eigenvalue weighted by atomic mass is 9.96. The highest BCUT2D eigenvalue weighted by atomic mass is 32.1. The van der Waals surface area contributed by atoms with Crippen LogP contribution in [0, 0.1) is 18.3 Å². The predicted octanol–water partition coefficient (Wildman–Crippen LogP) is 4.92. The van der Waals surface area contributed by atoms with Crippen LogP contribution in [0.1, 0.15) is 54.4 Å². The second-order valence-corrected chi connectivity index (χ2v) is 9.34. The van der Waals surface area contributed by atoms with Gasteiger partial charge in [-0.1, -0.05) is 35.9 Å². The van der Waals surface area contributed by atoms with Crippen LogP contribution in [0.4, 0.5) is 5.00 Å². The fraction of sp³-hybridized carbons (Fsp3) is 0.261. The van der Waals surface area contributed by atoms with Crippen LogP contribution < -0.4 is 10.6 Å². The number of carbonyl (C=O) groups is 2. The third-order valence-corrected chi connectivity index (χ3v) is 7.27. The Morgan fingerprint density at radius 2 is 1.90 bits per heavy atom. The zero-order chi connectivity index (χ0) is 21.1. The summed E-state index contributed by atoms with van der Waals surface area (Å²) in [6.07, 6.45) is 3.05. The van der Waals surface area contributed by atoms with E-state index in [9.17, 15) is 14.9 Å². The molecule has 1 atom stereocenters. The number of amides is 1. The van der Waals surface area contributed by atoms with Gasteiger partial charge in [0.2, 0.25) is 5.78 Å². The second-order valence-electron chi connectivity index (χ2n) is 7.29. The van der Waals surface area contributed by atoms with Crippen molar-refractivity contribution in [1.29, 1.82) is 5.26 Å². The average Bonchev–Trinajstić information content (AvgIpc) is 3.41. The molecule has 2 heterocycles. The minimum atomic E-state index is -0.963. The van der Waals surface area contributed by atoms with Gasteiger partial charge in [0.15, 0.2) is 6.17 Å². The highest BCUT2D eigenvalue weighted by Crippen LogP contribution is 2.38. The Labute approximate surface area is 183 Å². The number of nitrogens with one attached hydrogen (secondary N) is 2. The van der Waals surface area contributed by atoms with E-state index in [2.05, 4.69) is 16.7 Å². The Balaban J connectivity index is 1.66. The van der Waals surface area contributed by atoms with E-state index in [0.717, 1.165) is 36.8 Å². The molecule has 4 rings (SSSR count). The minimum absolute atomic E-state index is 0.241. The normalized spacial score (nSPS) is 13.7. The quantitative estimate of drug-likeness (QED) is 0.425. The highest BCUT2D eigenvalue weighted by Gasteiger charge is 2.27. The third kappa shape index (κ3) is 4.16. The topological polar surface area (TPSA) is 82.0 Å². The van der Waals surface area contributed by atoms with Crippen molar-refractivity contribution >= 4 is 39.4 Å². The standard InChI is InChI=1S/C23H21N3O2S2/c1-14-8-10-15(11-9-14)20(27)21(25-22(28)19-7-4-12-29-19)26-23-17(13-24)16-5-2-3-6-18(16)30-23/h4,7-12,21,26H,2-3,5-6H2,1H3,(H,25,28). The Hall–Kier alpha value is -2.95. The maximum Gasteiger partial charge on any atom is 0.263 e. The molecular formula is C23H21N3O2S2. The lowest BCUT2D eigenvalue weighted by Crippen LogP contribution is -2.46. The molecule has 1 unspecified atom stereocenters. The summed E-state index contributed by atoms with van der Waals surface area (Å²) < 4.78 is 0. The van der Waals surface area contributed by atoms with Gasteiger partial charge in [-0.25, -0.2) is 0 Å². The zero-order valence-corrected chi connectivity index (χ0v) is 18.2. The molecule has 1 amide bonds. The molecule has 7 heteroatoms.